The molecular weight excluding hydrogens is 196 g/mol. The van der Waals surface area contributed by atoms with Crippen molar-refractivity contribution in [3.8, 4) is 0 Å². The molecule has 0 spiro atoms. The normalized spacial score (nSPS) is 26.4. The van der Waals surface area contributed by atoms with Crippen LogP contribution >= 0.6 is 11.3 Å². The molecule has 1 aromatic rings. The van der Waals surface area contributed by atoms with E-state index in [4.69, 9.17) is 0 Å². The molecule has 2 rings (SSSR count). The van der Waals surface area contributed by atoms with Gasteiger partial charge in [0.05, 0.1) is 10.7 Å². The number of aryl methyl sites for hydroxylation is 1. The van der Waals surface area contributed by atoms with E-state index < -0.39 is 5.60 Å². The van der Waals surface area contributed by atoms with Crippen molar-refractivity contribution in [3.63, 3.8) is 0 Å². The third kappa shape index (κ3) is 1.69. The number of rotatable bonds is 2. The average Bonchev–Trinajstić information content (AvgIpc) is 2.72. The molecule has 1 aromatic heterocycles. The van der Waals surface area contributed by atoms with Gasteiger partial charge in [0, 0.05) is 17.8 Å². The number of thiazole rings is 1. The SMILES string of the molecule is Cc1nc(C(C)(O)C2CCNC2)cs1. The molecule has 14 heavy (non-hydrogen) atoms. The summed E-state index contributed by atoms with van der Waals surface area (Å²) >= 11 is 1.60. The van der Waals surface area contributed by atoms with Crippen molar-refractivity contribution in [1.29, 1.82) is 0 Å². The second-order valence-electron chi connectivity index (χ2n) is 4.09. The van der Waals surface area contributed by atoms with Crippen LogP contribution in [-0.4, -0.2) is 23.2 Å². The van der Waals surface area contributed by atoms with Gasteiger partial charge in [0.25, 0.3) is 0 Å². The Labute approximate surface area is 88.2 Å². The van der Waals surface area contributed by atoms with E-state index in [0.29, 0.717) is 5.92 Å². The Morgan fingerprint density at radius 2 is 2.50 bits per heavy atom. The van der Waals surface area contributed by atoms with Gasteiger partial charge >= 0.3 is 0 Å². The first-order valence-electron chi connectivity index (χ1n) is 4.96. The topological polar surface area (TPSA) is 45.2 Å². The van der Waals surface area contributed by atoms with E-state index in [0.717, 1.165) is 30.2 Å². The molecule has 0 amide bonds. The highest BCUT2D eigenvalue weighted by molar-refractivity contribution is 7.09. The monoisotopic (exact) mass is 212 g/mol. The van der Waals surface area contributed by atoms with Crippen LogP contribution in [0.2, 0.25) is 0 Å². The first-order valence-corrected chi connectivity index (χ1v) is 5.84. The largest absolute Gasteiger partial charge is 0.383 e. The van der Waals surface area contributed by atoms with E-state index in [-0.39, 0.29) is 0 Å². The number of nitrogens with zero attached hydrogens (tertiary/aromatic N) is 1. The molecule has 2 heterocycles. The lowest BCUT2D eigenvalue weighted by Crippen LogP contribution is -2.33. The average molecular weight is 212 g/mol. The Bertz CT molecular complexity index is 316. The predicted molar refractivity (Wildman–Crippen MR) is 57.4 cm³/mol. The summed E-state index contributed by atoms with van der Waals surface area (Å²) in [7, 11) is 0. The molecule has 2 unspecified atom stereocenters. The van der Waals surface area contributed by atoms with Crippen molar-refractivity contribution in [2.45, 2.75) is 25.9 Å². The Balaban J connectivity index is 2.22. The van der Waals surface area contributed by atoms with Crippen molar-refractivity contribution in [3.05, 3.63) is 16.1 Å². The van der Waals surface area contributed by atoms with Crippen LogP contribution in [0.15, 0.2) is 5.38 Å². The molecule has 2 atom stereocenters. The van der Waals surface area contributed by atoms with E-state index in [1.54, 1.807) is 11.3 Å². The molecule has 4 heteroatoms. The third-order valence-electron chi connectivity index (χ3n) is 2.99. The number of aliphatic hydroxyl groups is 1. The summed E-state index contributed by atoms with van der Waals surface area (Å²) in [4.78, 5) is 4.37. The fraction of sp³-hybridized carbons (Fsp3) is 0.700. The molecule has 0 saturated carbocycles. The predicted octanol–water partition coefficient (Wildman–Crippen LogP) is 1.27. The summed E-state index contributed by atoms with van der Waals surface area (Å²) in [6, 6.07) is 0. The van der Waals surface area contributed by atoms with Crippen LogP contribution in [0.4, 0.5) is 0 Å². The summed E-state index contributed by atoms with van der Waals surface area (Å²) in [5.41, 5.74) is 0.0579. The third-order valence-corrected chi connectivity index (χ3v) is 3.77. The van der Waals surface area contributed by atoms with Crippen LogP contribution in [0.1, 0.15) is 24.0 Å². The van der Waals surface area contributed by atoms with E-state index in [9.17, 15) is 5.11 Å². The highest BCUT2D eigenvalue weighted by atomic mass is 32.1. The minimum absolute atomic E-state index is 0.295. The van der Waals surface area contributed by atoms with Crippen molar-refractivity contribution in [2.24, 2.45) is 5.92 Å². The fourth-order valence-electron chi connectivity index (χ4n) is 1.94. The first-order chi connectivity index (χ1) is 6.60. The molecule has 0 bridgehead atoms. The van der Waals surface area contributed by atoms with Gasteiger partial charge in [0.2, 0.25) is 0 Å². The molecule has 0 aromatic carbocycles. The fourth-order valence-corrected chi connectivity index (χ4v) is 2.66. The van der Waals surface area contributed by atoms with Crippen LogP contribution in [0, 0.1) is 12.8 Å². The van der Waals surface area contributed by atoms with Crippen LogP contribution < -0.4 is 5.32 Å². The van der Waals surface area contributed by atoms with Crippen LogP contribution in [-0.2, 0) is 5.60 Å². The maximum atomic E-state index is 10.4. The molecule has 1 aliphatic rings. The van der Waals surface area contributed by atoms with Crippen LogP contribution in [0.5, 0.6) is 0 Å². The zero-order valence-corrected chi connectivity index (χ0v) is 9.40. The zero-order valence-electron chi connectivity index (χ0n) is 8.58. The van der Waals surface area contributed by atoms with Crippen molar-refractivity contribution in [1.82, 2.24) is 10.3 Å². The van der Waals surface area contributed by atoms with Gasteiger partial charge in [0.15, 0.2) is 0 Å². The smallest absolute Gasteiger partial charge is 0.109 e. The lowest BCUT2D eigenvalue weighted by molar-refractivity contribution is -0.00145. The van der Waals surface area contributed by atoms with Gasteiger partial charge < -0.3 is 10.4 Å². The molecule has 1 fully saturated rings. The van der Waals surface area contributed by atoms with Crippen LogP contribution in [0.3, 0.4) is 0 Å². The maximum Gasteiger partial charge on any atom is 0.109 e. The van der Waals surface area contributed by atoms with Gasteiger partial charge in [-0.1, -0.05) is 0 Å². The summed E-state index contributed by atoms with van der Waals surface area (Å²) < 4.78 is 0. The van der Waals surface area contributed by atoms with E-state index >= 15 is 0 Å². The lowest BCUT2D eigenvalue weighted by Gasteiger charge is -2.27. The summed E-state index contributed by atoms with van der Waals surface area (Å²) in [5, 5.41) is 16.7. The Morgan fingerprint density at radius 1 is 1.71 bits per heavy atom. The highest BCUT2D eigenvalue weighted by Crippen LogP contribution is 2.33. The van der Waals surface area contributed by atoms with E-state index in [1.807, 2.05) is 19.2 Å². The number of nitrogens with one attached hydrogen (secondary N) is 1. The summed E-state index contributed by atoms with van der Waals surface area (Å²) in [6.45, 7) is 5.74. The molecule has 0 radical (unpaired) electrons. The van der Waals surface area contributed by atoms with Gasteiger partial charge in [-0.2, -0.15) is 0 Å². The van der Waals surface area contributed by atoms with Crippen molar-refractivity contribution >= 4 is 11.3 Å². The van der Waals surface area contributed by atoms with Crippen LogP contribution in [0.25, 0.3) is 0 Å². The minimum atomic E-state index is -0.770. The first kappa shape index (κ1) is 10.1. The van der Waals surface area contributed by atoms with Gasteiger partial charge in [-0.3, -0.25) is 0 Å². The quantitative estimate of drug-likeness (QED) is 0.776. The van der Waals surface area contributed by atoms with Gasteiger partial charge in [-0.25, -0.2) is 4.98 Å². The second kappa shape index (κ2) is 3.61. The lowest BCUT2D eigenvalue weighted by atomic mass is 9.86. The number of hydrogen-bond donors (Lipinski definition) is 2. The Kier molecular flexibility index (Phi) is 2.60. The minimum Gasteiger partial charge on any atom is -0.383 e. The number of aromatic nitrogens is 1. The maximum absolute atomic E-state index is 10.4. The van der Waals surface area contributed by atoms with Gasteiger partial charge in [-0.05, 0) is 26.8 Å². The molecule has 78 valence electrons. The highest BCUT2D eigenvalue weighted by Gasteiger charge is 2.37. The van der Waals surface area contributed by atoms with Crippen molar-refractivity contribution < 1.29 is 5.11 Å². The molecule has 2 N–H and O–H groups in total. The molecule has 1 aliphatic heterocycles. The zero-order chi connectivity index (χ0) is 10.2. The molecule has 0 aliphatic carbocycles. The standard InChI is InChI=1S/C10H16N2OS/c1-7-12-9(6-14-7)10(2,13)8-3-4-11-5-8/h6,8,11,13H,3-5H2,1-2H3. The van der Waals surface area contributed by atoms with Gasteiger partial charge in [-0.15, -0.1) is 11.3 Å². The Morgan fingerprint density at radius 3 is 3.00 bits per heavy atom. The number of hydrogen-bond acceptors (Lipinski definition) is 4. The molecular formula is C10H16N2OS. The molecule has 1 saturated heterocycles. The van der Waals surface area contributed by atoms with Gasteiger partial charge in [0.1, 0.15) is 5.60 Å². The summed E-state index contributed by atoms with van der Waals surface area (Å²) in [6.07, 6.45) is 1.03. The molecule has 3 nitrogen and oxygen atoms in total. The second-order valence-corrected chi connectivity index (χ2v) is 5.15. The Hall–Kier alpha value is -0.450. The van der Waals surface area contributed by atoms with E-state index in [2.05, 4.69) is 10.3 Å². The van der Waals surface area contributed by atoms with E-state index in [1.165, 1.54) is 0 Å². The van der Waals surface area contributed by atoms with Crippen molar-refractivity contribution in [2.75, 3.05) is 13.1 Å². The summed E-state index contributed by atoms with van der Waals surface area (Å²) in [5.74, 6) is 0.295.